The summed E-state index contributed by atoms with van der Waals surface area (Å²) in [6.07, 6.45) is 3.48. The molecule has 0 atom stereocenters. The second-order valence-corrected chi connectivity index (χ2v) is 4.32. The molecule has 1 aromatic heterocycles. The molecule has 0 fully saturated rings. The average Bonchev–Trinajstić information content (AvgIpc) is 2.37. The Bertz CT molecular complexity index is 355. The monoisotopic (exact) mass is 251 g/mol. The van der Waals surface area contributed by atoms with E-state index in [1.54, 1.807) is 17.3 Å². The van der Waals surface area contributed by atoms with Gasteiger partial charge in [0.1, 0.15) is 6.61 Å². The normalized spacial score (nSPS) is 10.7. The van der Waals surface area contributed by atoms with E-state index in [-0.39, 0.29) is 18.6 Å². The molecule has 0 aliphatic carbocycles. The highest BCUT2D eigenvalue weighted by atomic mass is 16.5. The van der Waals surface area contributed by atoms with Gasteiger partial charge in [0, 0.05) is 31.5 Å². The lowest BCUT2D eigenvalue weighted by Crippen LogP contribution is -2.39. The quantitative estimate of drug-likeness (QED) is 0.728. The Hall–Kier alpha value is -1.46. The topological polar surface area (TPSA) is 68.5 Å². The largest absolute Gasteiger partial charge is 0.370 e. The summed E-state index contributed by atoms with van der Waals surface area (Å²) in [7, 11) is 0. The van der Waals surface area contributed by atoms with Crippen molar-refractivity contribution in [2.24, 2.45) is 5.73 Å². The summed E-state index contributed by atoms with van der Waals surface area (Å²) in [4.78, 5) is 17.8. The van der Waals surface area contributed by atoms with Crippen molar-refractivity contribution in [2.45, 2.75) is 26.4 Å². The van der Waals surface area contributed by atoms with E-state index in [0.29, 0.717) is 19.7 Å². The van der Waals surface area contributed by atoms with Gasteiger partial charge in [0.25, 0.3) is 0 Å². The smallest absolute Gasteiger partial charge is 0.249 e. The standard InChI is InChI=1S/C13H21N3O2/c1-11(2)16(13(17)10-18-7-5-14)9-12-4-3-6-15-8-12/h3-4,6,8,11H,5,7,9-10,14H2,1-2H3. The van der Waals surface area contributed by atoms with E-state index >= 15 is 0 Å². The minimum atomic E-state index is -0.0256. The van der Waals surface area contributed by atoms with Crippen LogP contribution in [-0.2, 0) is 16.1 Å². The number of ether oxygens (including phenoxy) is 1. The molecule has 100 valence electrons. The van der Waals surface area contributed by atoms with E-state index in [1.165, 1.54) is 0 Å². The molecule has 1 rings (SSSR count). The molecule has 0 spiro atoms. The molecular formula is C13H21N3O2. The number of nitrogens with zero attached hydrogens (tertiary/aromatic N) is 2. The van der Waals surface area contributed by atoms with Crippen LogP contribution in [0.1, 0.15) is 19.4 Å². The van der Waals surface area contributed by atoms with Crippen LogP contribution in [-0.4, -0.2) is 41.6 Å². The number of carbonyl (C=O) groups is 1. The van der Waals surface area contributed by atoms with Gasteiger partial charge in [0.05, 0.1) is 6.61 Å². The SMILES string of the molecule is CC(C)N(Cc1cccnc1)C(=O)COCCN. The van der Waals surface area contributed by atoms with Crippen LogP contribution in [0.2, 0.25) is 0 Å². The molecule has 0 bridgehead atoms. The van der Waals surface area contributed by atoms with Gasteiger partial charge in [0.15, 0.2) is 0 Å². The van der Waals surface area contributed by atoms with Crippen molar-refractivity contribution < 1.29 is 9.53 Å². The number of carbonyl (C=O) groups excluding carboxylic acids is 1. The van der Waals surface area contributed by atoms with Crippen LogP contribution in [0.4, 0.5) is 0 Å². The fourth-order valence-corrected chi connectivity index (χ4v) is 1.57. The maximum atomic E-state index is 12.0. The van der Waals surface area contributed by atoms with Crippen LogP contribution in [0.25, 0.3) is 0 Å². The third-order valence-corrected chi connectivity index (χ3v) is 2.51. The highest BCUT2D eigenvalue weighted by Gasteiger charge is 2.17. The molecule has 5 nitrogen and oxygen atoms in total. The summed E-state index contributed by atoms with van der Waals surface area (Å²) in [5, 5.41) is 0. The molecule has 0 saturated carbocycles. The van der Waals surface area contributed by atoms with Gasteiger partial charge in [-0.25, -0.2) is 0 Å². The fraction of sp³-hybridized carbons (Fsp3) is 0.538. The van der Waals surface area contributed by atoms with Gasteiger partial charge >= 0.3 is 0 Å². The number of amides is 1. The summed E-state index contributed by atoms with van der Waals surface area (Å²) in [5.41, 5.74) is 6.33. The van der Waals surface area contributed by atoms with Crippen LogP contribution in [0.15, 0.2) is 24.5 Å². The number of pyridine rings is 1. The Morgan fingerprint density at radius 1 is 1.56 bits per heavy atom. The lowest BCUT2D eigenvalue weighted by atomic mass is 10.2. The van der Waals surface area contributed by atoms with E-state index in [0.717, 1.165) is 5.56 Å². The third-order valence-electron chi connectivity index (χ3n) is 2.51. The summed E-state index contributed by atoms with van der Waals surface area (Å²) in [5.74, 6) is -0.0256. The predicted octanol–water partition coefficient (Wildman–Crippen LogP) is 0.794. The van der Waals surface area contributed by atoms with Gasteiger partial charge in [-0.2, -0.15) is 0 Å². The minimum Gasteiger partial charge on any atom is -0.370 e. The molecule has 0 aliphatic heterocycles. The second-order valence-electron chi connectivity index (χ2n) is 4.32. The van der Waals surface area contributed by atoms with Gasteiger partial charge in [-0.05, 0) is 25.5 Å². The number of hydrogen-bond donors (Lipinski definition) is 1. The molecule has 1 amide bonds. The van der Waals surface area contributed by atoms with Gasteiger partial charge < -0.3 is 15.4 Å². The first-order valence-corrected chi connectivity index (χ1v) is 6.11. The second kappa shape index (κ2) is 7.79. The van der Waals surface area contributed by atoms with E-state index in [1.807, 2.05) is 26.0 Å². The van der Waals surface area contributed by atoms with Crippen molar-refractivity contribution in [1.82, 2.24) is 9.88 Å². The Morgan fingerprint density at radius 2 is 2.33 bits per heavy atom. The van der Waals surface area contributed by atoms with Crippen molar-refractivity contribution in [3.05, 3.63) is 30.1 Å². The summed E-state index contributed by atoms with van der Waals surface area (Å²) < 4.78 is 5.18. The first kappa shape index (κ1) is 14.6. The minimum absolute atomic E-state index is 0.0256. The van der Waals surface area contributed by atoms with Gasteiger partial charge in [-0.1, -0.05) is 6.07 Å². The van der Waals surface area contributed by atoms with E-state index < -0.39 is 0 Å². The Labute approximate surface area is 108 Å². The molecule has 5 heteroatoms. The highest BCUT2D eigenvalue weighted by Crippen LogP contribution is 2.07. The highest BCUT2D eigenvalue weighted by molar-refractivity contribution is 5.77. The zero-order valence-electron chi connectivity index (χ0n) is 11.0. The molecule has 18 heavy (non-hydrogen) atoms. The number of nitrogens with two attached hydrogens (primary N) is 1. The van der Waals surface area contributed by atoms with Crippen LogP contribution >= 0.6 is 0 Å². The van der Waals surface area contributed by atoms with Gasteiger partial charge in [-0.15, -0.1) is 0 Å². The first-order chi connectivity index (χ1) is 8.65. The summed E-state index contributed by atoms with van der Waals surface area (Å²) in [6, 6.07) is 3.94. The van der Waals surface area contributed by atoms with Crippen LogP contribution < -0.4 is 5.73 Å². The van der Waals surface area contributed by atoms with Gasteiger partial charge in [-0.3, -0.25) is 9.78 Å². The van der Waals surface area contributed by atoms with Crippen LogP contribution in [0.5, 0.6) is 0 Å². The Morgan fingerprint density at radius 3 is 2.89 bits per heavy atom. The molecule has 0 radical (unpaired) electrons. The van der Waals surface area contributed by atoms with Crippen molar-refractivity contribution in [3.63, 3.8) is 0 Å². The molecule has 0 saturated heterocycles. The van der Waals surface area contributed by atoms with Crippen molar-refractivity contribution in [1.29, 1.82) is 0 Å². The molecule has 2 N–H and O–H groups in total. The zero-order valence-corrected chi connectivity index (χ0v) is 11.0. The molecule has 0 unspecified atom stereocenters. The lowest BCUT2D eigenvalue weighted by molar-refractivity contribution is -0.138. The molecule has 1 heterocycles. The van der Waals surface area contributed by atoms with Crippen molar-refractivity contribution >= 4 is 5.91 Å². The van der Waals surface area contributed by atoms with Gasteiger partial charge in [0.2, 0.25) is 5.91 Å². The number of hydrogen-bond acceptors (Lipinski definition) is 4. The zero-order chi connectivity index (χ0) is 13.4. The molecule has 0 aromatic carbocycles. The predicted molar refractivity (Wildman–Crippen MR) is 69.8 cm³/mol. The molecule has 0 aliphatic rings. The molecular weight excluding hydrogens is 230 g/mol. The van der Waals surface area contributed by atoms with Crippen molar-refractivity contribution in [3.8, 4) is 0 Å². The maximum Gasteiger partial charge on any atom is 0.249 e. The Balaban J connectivity index is 2.57. The molecule has 1 aromatic rings. The van der Waals surface area contributed by atoms with E-state index in [4.69, 9.17) is 10.5 Å². The lowest BCUT2D eigenvalue weighted by Gasteiger charge is -2.26. The van der Waals surface area contributed by atoms with Crippen LogP contribution in [0, 0.1) is 0 Å². The Kier molecular flexibility index (Phi) is 6.32. The first-order valence-electron chi connectivity index (χ1n) is 6.11. The number of aromatic nitrogens is 1. The maximum absolute atomic E-state index is 12.0. The van der Waals surface area contributed by atoms with E-state index in [2.05, 4.69) is 4.98 Å². The number of rotatable bonds is 7. The summed E-state index contributed by atoms with van der Waals surface area (Å²) in [6.45, 7) is 5.43. The van der Waals surface area contributed by atoms with Crippen molar-refractivity contribution in [2.75, 3.05) is 19.8 Å². The van der Waals surface area contributed by atoms with Crippen LogP contribution in [0.3, 0.4) is 0 Å². The summed E-state index contributed by atoms with van der Waals surface area (Å²) >= 11 is 0. The van der Waals surface area contributed by atoms with E-state index in [9.17, 15) is 4.79 Å². The third kappa shape index (κ3) is 4.81. The average molecular weight is 251 g/mol. The fourth-order valence-electron chi connectivity index (χ4n) is 1.57.